The first-order chi connectivity index (χ1) is 14.3. The van der Waals surface area contributed by atoms with Gasteiger partial charge in [0.2, 0.25) is 0 Å². The van der Waals surface area contributed by atoms with Gasteiger partial charge in [-0.2, -0.15) is 0 Å². The average molecular weight is 469 g/mol. The van der Waals surface area contributed by atoms with Gasteiger partial charge in [-0.1, -0.05) is 0 Å². The van der Waals surface area contributed by atoms with Crippen molar-refractivity contribution >= 4 is 17.2 Å². The molecule has 0 amide bonds. The molecule has 0 aliphatic rings. The third-order valence-corrected chi connectivity index (χ3v) is 14.8. The Hall–Kier alpha value is 0.300. The predicted molar refractivity (Wildman–Crippen MR) is 136 cm³/mol. The fourth-order valence-corrected chi connectivity index (χ4v) is 13.6. The molecule has 1 N–H and O–H groups in total. The average Bonchev–Trinajstić information content (AvgIpc) is 2.69. The van der Waals surface area contributed by atoms with Crippen LogP contribution in [0, 0.1) is 0 Å². The van der Waals surface area contributed by atoms with Crippen LogP contribution in [0.15, 0.2) is 0 Å². The van der Waals surface area contributed by atoms with Crippen molar-refractivity contribution in [3.05, 3.63) is 0 Å². The minimum atomic E-state index is -4.45. The summed E-state index contributed by atoms with van der Waals surface area (Å²) in [5.74, 6) is 0. The molecule has 0 spiro atoms. The molecule has 6 heteroatoms. The predicted octanol–water partition coefficient (Wildman–Crippen LogP) is 8.60. The Labute approximate surface area is 189 Å². The standard InChI is InChI=1S/C24H53O4PS/c1-5-9-13-17-21-29(28-30(25,26)27,22-18-14-10-6-2,23-19-15-11-7-3)24-20-16-12-8-4/h5-24H2,1-4H3,(H,25,26,27). The summed E-state index contributed by atoms with van der Waals surface area (Å²) in [5, 5.41) is 0. The molecule has 0 aliphatic carbocycles. The summed E-state index contributed by atoms with van der Waals surface area (Å²) in [5.41, 5.74) is 0. The van der Waals surface area contributed by atoms with Crippen LogP contribution >= 0.6 is 6.83 Å². The van der Waals surface area contributed by atoms with Gasteiger partial charge in [-0.05, 0) is 0 Å². The van der Waals surface area contributed by atoms with Crippen LogP contribution in [0.5, 0.6) is 0 Å². The zero-order valence-electron chi connectivity index (χ0n) is 20.7. The van der Waals surface area contributed by atoms with Crippen molar-refractivity contribution < 1.29 is 16.9 Å². The topological polar surface area (TPSA) is 63.6 Å². The van der Waals surface area contributed by atoms with E-state index in [9.17, 15) is 13.0 Å². The van der Waals surface area contributed by atoms with Gasteiger partial charge in [0.1, 0.15) is 0 Å². The van der Waals surface area contributed by atoms with Crippen LogP contribution in [0.1, 0.15) is 130 Å². The van der Waals surface area contributed by atoms with E-state index in [1.54, 1.807) is 0 Å². The van der Waals surface area contributed by atoms with Crippen LogP contribution < -0.4 is 0 Å². The molecule has 0 atom stereocenters. The van der Waals surface area contributed by atoms with E-state index >= 15 is 0 Å². The van der Waals surface area contributed by atoms with E-state index in [0.717, 1.165) is 76.0 Å². The molecule has 30 heavy (non-hydrogen) atoms. The molecule has 0 saturated heterocycles. The fourth-order valence-electron chi connectivity index (χ4n) is 4.84. The van der Waals surface area contributed by atoms with E-state index in [1.807, 2.05) is 0 Å². The van der Waals surface area contributed by atoms with Crippen LogP contribution in [0.4, 0.5) is 0 Å². The summed E-state index contributed by atoms with van der Waals surface area (Å²) in [6, 6.07) is 0. The number of unbranched alkanes of at least 4 members (excludes halogenated alkanes) is 12. The van der Waals surface area contributed by atoms with Crippen LogP contribution in [0.3, 0.4) is 0 Å². The summed E-state index contributed by atoms with van der Waals surface area (Å²) >= 11 is 0. The maximum absolute atomic E-state index is 12.2. The van der Waals surface area contributed by atoms with E-state index in [1.165, 1.54) is 51.4 Å². The third-order valence-electron chi connectivity index (χ3n) is 6.61. The SMILES string of the molecule is CCCCCCP(CCCCCC)(CCCCCC)(CCCCCC)OS(=O)(=O)O. The van der Waals surface area contributed by atoms with Gasteiger partial charge in [-0.3, -0.25) is 0 Å². The number of hydrogen-bond donors (Lipinski definition) is 1. The van der Waals surface area contributed by atoms with Gasteiger partial charge in [-0.15, -0.1) is 0 Å². The van der Waals surface area contributed by atoms with Crippen molar-refractivity contribution in [1.82, 2.24) is 0 Å². The zero-order chi connectivity index (χ0) is 22.8. The second-order valence-electron chi connectivity index (χ2n) is 9.50. The molecule has 0 fully saturated rings. The Morgan fingerprint density at radius 3 is 1.00 bits per heavy atom. The molecule has 0 heterocycles. The van der Waals surface area contributed by atoms with Crippen LogP contribution in [-0.4, -0.2) is 37.6 Å². The van der Waals surface area contributed by atoms with Crippen LogP contribution in [0.2, 0.25) is 0 Å². The quantitative estimate of drug-likeness (QED) is 0.0981. The Morgan fingerprint density at radius 2 is 0.800 bits per heavy atom. The molecule has 184 valence electrons. The van der Waals surface area contributed by atoms with Crippen molar-refractivity contribution in [3.8, 4) is 0 Å². The summed E-state index contributed by atoms with van der Waals surface area (Å²) in [6.07, 6.45) is 21.5. The number of rotatable bonds is 22. The molecule has 0 bridgehead atoms. The first kappa shape index (κ1) is 30.3. The second kappa shape index (κ2) is 16.9. The van der Waals surface area contributed by atoms with E-state index < -0.39 is 17.2 Å². The van der Waals surface area contributed by atoms with Gasteiger partial charge in [-0.25, -0.2) is 0 Å². The summed E-state index contributed by atoms with van der Waals surface area (Å²) in [4.78, 5) is 0. The molecule has 0 rings (SSSR count). The van der Waals surface area contributed by atoms with Gasteiger partial charge in [0.05, 0.1) is 0 Å². The molecule has 0 aromatic rings. The summed E-state index contributed by atoms with van der Waals surface area (Å²) < 4.78 is 40.3. The van der Waals surface area contributed by atoms with Crippen molar-refractivity contribution in [2.45, 2.75) is 130 Å². The van der Waals surface area contributed by atoms with Crippen LogP contribution in [0.25, 0.3) is 0 Å². The Kier molecular flexibility index (Phi) is 17.0. The number of hydrogen-bond acceptors (Lipinski definition) is 3. The van der Waals surface area contributed by atoms with Crippen LogP contribution in [-0.2, 0) is 14.4 Å². The van der Waals surface area contributed by atoms with Crippen molar-refractivity contribution in [2.75, 3.05) is 24.6 Å². The first-order valence-electron chi connectivity index (χ1n) is 13.0. The monoisotopic (exact) mass is 468 g/mol. The Balaban J connectivity index is 5.81. The van der Waals surface area contributed by atoms with E-state index in [-0.39, 0.29) is 0 Å². The van der Waals surface area contributed by atoms with Crippen molar-refractivity contribution in [3.63, 3.8) is 0 Å². The molecular formula is C24H53O4PS. The first-order valence-corrected chi connectivity index (χ1v) is 17.2. The summed E-state index contributed by atoms with van der Waals surface area (Å²) in [7, 11) is -4.45. The van der Waals surface area contributed by atoms with Gasteiger partial charge in [0.15, 0.2) is 0 Å². The minimum absolute atomic E-state index is 0.871. The van der Waals surface area contributed by atoms with E-state index in [2.05, 4.69) is 27.7 Å². The molecule has 4 nitrogen and oxygen atoms in total. The Morgan fingerprint density at radius 1 is 0.533 bits per heavy atom. The molecule has 0 saturated carbocycles. The van der Waals surface area contributed by atoms with Gasteiger partial charge >= 0.3 is 189 Å². The van der Waals surface area contributed by atoms with Crippen molar-refractivity contribution in [1.29, 1.82) is 0 Å². The normalized spacial score (nSPS) is 14.0. The second-order valence-corrected chi connectivity index (χ2v) is 16.5. The zero-order valence-corrected chi connectivity index (χ0v) is 22.4. The third kappa shape index (κ3) is 13.7. The van der Waals surface area contributed by atoms with E-state index in [4.69, 9.17) is 3.97 Å². The van der Waals surface area contributed by atoms with Crippen molar-refractivity contribution in [2.24, 2.45) is 0 Å². The molecule has 0 aliphatic heterocycles. The molecule has 0 aromatic heterocycles. The molecule has 0 radical (unpaired) electrons. The Bertz CT molecular complexity index is 448. The molecule has 0 unspecified atom stereocenters. The maximum atomic E-state index is 12.2. The van der Waals surface area contributed by atoms with Gasteiger partial charge < -0.3 is 0 Å². The molecule has 0 aromatic carbocycles. The molecular weight excluding hydrogens is 415 g/mol. The fraction of sp³-hybridized carbons (Fsp3) is 1.00. The van der Waals surface area contributed by atoms with Gasteiger partial charge in [0.25, 0.3) is 0 Å². The summed E-state index contributed by atoms with van der Waals surface area (Å²) in [6.45, 7) is 5.79. The van der Waals surface area contributed by atoms with Gasteiger partial charge in [0, 0.05) is 0 Å². The van der Waals surface area contributed by atoms with E-state index in [0.29, 0.717) is 0 Å².